The minimum absolute atomic E-state index is 0.304. The standard InChI is InChI=1S/C20H21F3N4O2/c1-25(18(28)24-16-7-3-2-4-8-16)19(29)27-12-10-26(11-13-27)17-9-5-6-15(14-17)20(21,22)23/h2-9,14H,10-13H2,1H3,(H,24,28). The molecule has 1 aliphatic rings. The molecule has 3 rings (SSSR count). The first-order chi connectivity index (χ1) is 13.8. The molecule has 9 heteroatoms. The number of benzene rings is 2. The fourth-order valence-corrected chi connectivity index (χ4v) is 3.06. The Bertz CT molecular complexity index is 866. The number of anilines is 2. The molecule has 4 amide bonds. The van der Waals surface area contributed by atoms with E-state index in [9.17, 15) is 22.8 Å². The van der Waals surface area contributed by atoms with Crippen molar-refractivity contribution in [3.63, 3.8) is 0 Å². The number of carbonyl (C=O) groups excluding carboxylic acids is 2. The number of hydrogen-bond donors (Lipinski definition) is 1. The molecule has 2 aromatic carbocycles. The van der Waals surface area contributed by atoms with Crippen LogP contribution in [0.15, 0.2) is 54.6 Å². The molecule has 0 spiro atoms. The Labute approximate surface area is 166 Å². The Morgan fingerprint density at radius 1 is 0.966 bits per heavy atom. The first-order valence-corrected chi connectivity index (χ1v) is 9.06. The van der Waals surface area contributed by atoms with Crippen molar-refractivity contribution in [2.24, 2.45) is 0 Å². The van der Waals surface area contributed by atoms with Crippen LogP contribution in [0.25, 0.3) is 0 Å². The zero-order valence-corrected chi connectivity index (χ0v) is 15.8. The maximum atomic E-state index is 12.9. The van der Waals surface area contributed by atoms with Gasteiger partial charge in [-0.1, -0.05) is 24.3 Å². The molecular formula is C20H21F3N4O2. The molecule has 0 unspecified atom stereocenters. The van der Waals surface area contributed by atoms with Crippen molar-refractivity contribution in [2.75, 3.05) is 43.4 Å². The van der Waals surface area contributed by atoms with Gasteiger partial charge in [-0.05, 0) is 30.3 Å². The number of nitrogens with zero attached hydrogens (tertiary/aromatic N) is 3. The summed E-state index contributed by atoms with van der Waals surface area (Å²) in [5.74, 6) is 0. The summed E-state index contributed by atoms with van der Waals surface area (Å²) in [7, 11) is 1.39. The third-order valence-electron chi connectivity index (χ3n) is 4.71. The van der Waals surface area contributed by atoms with Crippen molar-refractivity contribution < 1.29 is 22.8 Å². The van der Waals surface area contributed by atoms with E-state index in [0.717, 1.165) is 17.0 Å². The van der Waals surface area contributed by atoms with Gasteiger partial charge in [-0.15, -0.1) is 0 Å². The lowest BCUT2D eigenvalue weighted by Crippen LogP contribution is -2.53. The predicted molar refractivity (Wildman–Crippen MR) is 104 cm³/mol. The number of amides is 4. The topological polar surface area (TPSA) is 55.9 Å². The molecule has 0 atom stereocenters. The second kappa shape index (κ2) is 8.42. The van der Waals surface area contributed by atoms with E-state index in [-0.39, 0.29) is 0 Å². The van der Waals surface area contributed by atoms with E-state index in [1.807, 2.05) is 6.07 Å². The molecule has 0 aromatic heterocycles. The van der Waals surface area contributed by atoms with E-state index in [1.54, 1.807) is 35.2 Å². The molecule has 0 bridgehead atoms. The quantitative estimate of drug-likeness (QED) is 0.817. The van der Waals surface area contributed by atoms with Gasteiger partial charge in [0.1, 0.15) is 0 Å². The van der Waals surface area contributed by atoms with Crippen LogP contribution in [-0.2, 0) is 6.18 Å². The monoisotopic (exact) mass is 406 g/mol. The van der Waals surface area contributed by atoms with Gasteiger partial charge in [-0.25, -0.2) is 14.5 Å². The van der Waals surface area contributed by atoms with Gasteiger partial charge >= 0.3 is 18.2 Å². The zero-order valence-electron chi connectivity index (χ0n) is 15.8. The summed E-state index contributed by atoms with van der Waals surface area (Å²) in [6.07, 6.45) is -4.40. The number of hydrogen-bond acceptors (Lipinski definition) is 3. The Kier molecular flexibility index (Phi) is 5.95. The van der Waals surface area contributed by atoms with Gasteiger partial charge in [-0.2, -0.15) is 13.2 Å². The highest BCUT2D eigenvalue weighted by molar-refractivity contribution is 6.00. The summed E-state index contributed by atoms with van der Waals surface area (Å²) in [4.78, 5) is 29.1. The first kappa shape index (κ1) is 20.5. The Hall–Kier alpha value is -3.23. The number of alkyl halides is 3. The molecule has 1 saturated heterocycles. The second-order valence-electron chi connectivity index (χ2n) is 6.66. The van der Waals surface area contributed by atoms with E-state index in [2.05, 4.69) is 5.32 Å². The van der Waals surface area contributed by atoms with Gasteiger partial charge < -0.3 is 15.1 Å². The van der Waals surface area contributed by atoms with Crippen molar-refractivity contribution >= 4 is 23.4 Å². The molecule has 6 nitrogen and oxygen atoms in total. The normalized spacial score (nSPS) is 14.5. The highest BCUT2D eigenvalue weighted by Crippen LogP contribution is 2.31. The third-order valence-corrected chi connectivity index (χ3v) is 4.71. The molecule has 1 aliphatic heterocycles. The van der Waals surface area contributed by atoms with Crippen molar-refractivity contribution in [1.29, 1.82) is 0 Å². The van der Waals surface area contributed by atoms with E-state index >= 15 is 0 Å². The number of piperazine rings is 1. The van der Waals surface area contributed by atoms with Crippen LogP contribution in [0, 0.1) is 0 Å². The van der Waals surface area contributed by atoms with Gasteiger partial charge in [0.2, 0.25) is 0 Å². The van der Waals surface area contributed by atoms with Crippen LogP contribution in [-0.4, -0.2) is 55.1 Å². The maximum absolute atomic E-state index is 12.9. The number of imide groups is 1. The molecular weight excluding hydrogens is 385 g/mol. The Morgan fingerprint density at radius 3 is 2.24 bits per heavy atom. The summed E-state index contributed by atoms with van der Waals surface area (Å²) in [5, 5.41) is 2.64. The van der Waals surface area contributed by atoms with Gasteiger partial charge in [0.25, 0.3) is 0 Å². The summed E-state index contributed by atoms with van der Waals surface area (Å²) in [5.41, 5.74) is 0.333. The van der Waals surface area contributed by atoms with E-state index in [4.69, 9.17) is 0 Å². The zero-order chi connectivity index (χ0) is 21.0. The SMILES string of the molecule is CN(C(=O)Nc1ccccc1)C(=O)N1CCN(c2cccc(C(F)(F)F)c2)CC1. The third kappa shape index (κ3) is 4.98. The minimum Gasteiger partial charge on any atom is -0.368 e. The number of rotatable bonds is 2. The molecule has 29 heavy (non-hydrogen) atoms. The highest BCUT2D eigenvalue weighted by atomic mass is 19.4. The average molecular weight is 406 g/mol. The largest absolute Gasteiger partial charge is 0.416 e. The lowest BCUT2D eigenvalue weighted by molar-refractivity contribution is -0.137. The Balaban J connectivity index is 1.57. The lowest BCUT2D eigenvalue weighted by atomic mass is 10.1. The number of carbonyl (C=O) groups is 2. The average Bonchev–Trinajstić information content (AvgIpc) is 2.73. The van der Waals surface area contributed by atoms with Crippen molar-refractivity contribution in [2.45, 2.75) is 6.18 Å². The van der Waals surface area contributed by atoms with Gasteiger partial charge in [0, 0.05) is 44.6 Å². The van der Waals surface area contributed by atoms with Crippen LogP contribution in [0.5, 0.6) is 0 Å². The van der Waals surface area contributed by atoms with Gasteiger partial charge in [0.05, 0.1) is 5.56 Å². The van der Waals surface area contributed by atoms with Crippen LogP contribution in [0.1, 0.15) is 5.56 Å². The summed E-state index contributed by atoms with van der Waals surface area (Å²) in [6, 6.07) is 12.9. The highest BCUT2D eigenvalue weighted by Gasteiger charge is 2.32. The molecule has 0 aliphatic carbocycles. The first-order valence-electron chi connectivity index (χ1n) is 9.06. The smallest absolute Gasteiger partial charge is 0.368 e. The molecule has 1 N–H and O–H groups in total. The van der Waals surface area contributed by atoms with E-state index in [1.165, 1.54) is 18.0 Å². The minimum atomic E-state index is -4.40. The number of urea groups is 2. The van der Waals surface area contributed by atoms with Crippen LogP contribution in [0.3, 0.4) is 0 Å². The van der Waals surface area contributed by atoms with Crippen molar-refractivity contribution in [3.8, 4) is 0 Å². The number of nitrogens with one attached hydrogen (secondary N) is 1. The number of halogens is 3. The lowest BCUT2D eigenvalue weighted by Gasteiger charge is -2.37. The second-order valence-corrected chi connectivity index (χ2v) is 6.66. The van der Waals surface area contributed by atoms with Crippen LogP contribution < -0.4 is 10.2 Å². The summed E-state index contributed by atoms with van der Waals surface area (Å²) < 4.78 is 38.7. The fourth-order valence-electron chi connectivity index (χ4n) is 3.06. The fraction of sp³-hybridized carbons (Fsp3) is 0.300. The maximum Gasteiger partial charge on any atom is 0.416 e. The van der Waals surface area contributed by atoms with Crippen molar-refractivity contribution in [3.05, 3.63) is 60.2 Å². The summed E-state index contributed by atoms with van der Waals surface area (Å²) >= 11 is 0. The Morgan fingerprint density at radius 2 is 1.62 bits per heavy atom. The number of para-hydroxylation sites is 1. The van der Waals surface area contributed by atoms with Crippen LogP contribution >= 0.6 is 0 Å². The molecule has 2 aromatic rings. The molecule has 0 radical (unpaired) electrons. The van der Waals surface area contributed by atoms with Crippen molar-refractivity contribution in [1.82, 2.24) is 9.80 Å². The van der Waals surface area contributed by atoms with Crippen LogP contribution in [0.2, 0.25) is 0 Å². The molecule has 154 valence electrons. The van der Waals surface area contributed by atoms with E-state index < -0.39 is 23.8 Å². The molecule has 0 saturated carbocycles. The van der Waals surface area contributed by atoms with Gasteiger partial charge in [0.15, 0.2) is 0 Å². The predicted octanol–water partition coefficient (Wildman–Crippen LogP) is 4.11. The molecule has 1 heterocycles. The van der Waals surface area contributed by atoms with Gasteiger partial charge in [-0.3, -0.25) is 0 Å². The summed E-state index contributed by atoms with van der Waals surface area (Å²) in [6.45, 7) is 1.36. The van der Waals surface area contributed by atoms with E-state index in [0.29, 0.717) is 37.6 Å². The molecule has 1 fully saturated rings. The van der Waals surface area contributed by atoms with Crippen LogP contribution in [0.4, 0.5) is 34.1 Å².